The average Bonchev–Trinajstić information content (AvgIpc) is 3.35. The van der Waals surface area contributed by atoms with Crippen LogP contribution in [0.4, 0.5) is 0 Å². The summed E-state index contributed by atoms with van der Waals surface area (Å²) in [7, 11) is 0. The zero-order valence-electron chi connectivity index (χ0n) is 16.0. The molecule has 8 heteroatoms. The van der Waals surface area contributed by atoms with Gasteiger partial charge in [0.2, 0.25) is 6.79 Å². The number of hydrogen-bond donors (Lipinski definition) is 0. The van der Waals surface area contributed by atoms with E-state index in [2.05, 4.69) is 11.6 Å². The number of carbonyl (C=O) groups is 1. The molecular formula is C22H18N2O5S. The summed E-state index contributed by atoms with van der Waals surface area (Å²) in [6.07, 6.45) is 4.92. The number of benzene rings is 2. The molecule has 0 unspecified atom stereocenters. The highest BCUT2D eigenvalue weighted by Gasteiger charge is 2.16. The van der Waals surface area contributed by atoms with Crippen LogP contribution in [0.25, 0.3) is 16.3 Å². The van der Waals surface area contributed by atoms with Crippen LogP contribution in [-0.2, 0) is 11.3 Å². The first-order valence-electron chi connectivity index (χ1n) is 9.41. The van der Waals surface area contributed by atoms with Crippen LogP contribution >= 0.6 is 11.3 Å². The lowest BCUT2D eigenvalue weighted by molar-refractivity contribution is -0.113. The van der Waals surface area contributed by atoms with E-state index < -0.39 is 0 Å². The zero-order chi connectivity index (χ0) is 20.5. The quantitative estimate of drug-likeness (QED) is 0.475. The molecule has 0 spiro atoms. The van der Waals surface area contributed by atoms with Gasteiger partial charge >= 0.3 is 0 Å². The van der Waals surface area contributed by atoms with Crippen LogP contribution in [0.2, 0.25) is 0 Å². The Morgan fingerprint density at radius 1 is 1.07 bits per heavy atom. The summed E-state index contributed by atoms with van der Waals surface area (Å²) in [5.74, 6) is 2.43. The lowest BCUT2D eigenvalue weighted by Crippen LogP contribution is -2.17. The van der Waals surface area contributed by atoms with Gasteiger partial charge in [-0.2, -0.15) is 4.99 Å². The van der Waals surface area contributed by atoms with Crippen molar-refractivity contribution >= 4 is 33.5 Å². The van der Waals surface area contributed by atoms with E-state index in [-0.39, 0.29) is 12.7 Å². The van der Waals surface area contributed by atoms with Gasteiger partial charge in [-0.25, -0.2) is 0 Å². The first kappa shape index (κ1) is 18.5. The minimum Gasteiger partial charge on any atom is -0.486 e. The molecule has 1 amide bonds. The summed E-state index contributed by atoms with van der Waals surface area (Å²) in [4.78, 5) is 17.4. The standard InChI is InChI=1S/C22H18N2O5S/c1-2-7-24-15-11-18-19(27-9-8-26-18)12-20(15)30-22(24)23-21(25)6-4-14-3-5-16-17(10-14)29-13-28-16/h2-6,10-12H,1,7-9,13H2. The van der Waals surface area contributed by atoms with Gasteiger partial charge in [0.25, 0.3) is 5.91 Å². The number of carbonyl (C=O) groups excluding carboxylic acids is 1. The monoisotopic (exact) mass is 422 g/mol. The van der Waals surface area contributed by atoms with E-state index in [0.29, 0.717) is 47.6 Å². The summed E-state index contributed by atoms with van der Waals surface area (Å²) in [5.41, 5.74) is 1.76. The van der Waals surface area contributed by atoms with Gasteiger partial charge in [-0.3, -0.25) is 4.79 Å². The Labute approximate surface area is 176 Å². The number of fused-ring (bicyclic) bond motifs is 3. The molecule has 3 aromatic rings. The van der Waals surface area contributed by atoms with Gasteiger partial charge in [-0.15, -0.1) is 6.58 Å². The molecule has 0 atom stereocenters. The SMILES string of the molecule is C=CCn1c(=NC(=O)C=Cc2ccc3c(c2)OCO3)sc2cc3c(cc21)OCCO3. The van der Waals surface area contributed by atoms with Crippen LogP contribution in [0, 0.1) is 0 Å². The molecule has 152 valence electrons. The van der Waals surface area contributed by atoms with Crippen molar-refractivity contribution in [2.45, 2.75) is 6.54 Å². The van der Waals surface area contributed by atoms with Crippen LogP contribution in [0.15, 0.2) is 54.1 Å². The second-order valence-corrected chi connectivity index (χ2v) is 7.65. The molecule has 0 aliphatic carbocycles. The van der Waals surface area contributed by atoms with Crippen molar-refractivity contribution in [2.75, 3.05) is 20.0 Å². The largest absolute Gasteiger partial charge is 0.486 e. The third kappa shape index (κ3) is 3.46. The molecule has 0 fully saturated rings. The molecule has 5 rings (SSSR count). The zero-order valence-corrected chi connectivity index (χ0v) is 16.8. The van der Waals surface area contributed by atoms with Crippen LogP contribution < -0.4 is 23.7 Å². The van der Waals surface area contributed by atoms with Crippen molar-refractivity contribution in [3.63, 3.8) is 0 Å². The predicted molar refractivity (Wildman–Crippen MR) is 113 cm³/mol. The summed E-state index contributed by atoms with van der Waals surface area (Å²) in [5, 5.41) is 0. The maximum Gasteiger partial charge on any atom is 0.272 e. The molecule has 30 heavy (non-hydrogen) atoms. The summed E-state index contributed by atoms with van der Waals surface area (Å²) in [6.45, 7) is 5.60. The van der Waals surface area contributed by atoms with Crippen molar-refractivity contribution in [3.8, 4) is 23.0 Å². The van der Waals surface area contributed by atoms with E-state index in [0.717, 1.165) is 15.8 Å². The van der Waals surface area contributed by atoms with Crippen LogP contribution in [0.5, 0.6) is 23.0 Å². The Balaban J connectivity index is 1.48. The second-order valence-electron chi connectivity index (χ2n) is 6.64. The molecule has 1 aromatic heterocycles. The minimum atomic E-state index is -0.353. The molecule has 7 nitrogen and oxygen atoms in total. The Bertz CT molecular complexity index is 1250. The van der Waals surface area contributed by atoms with Gasteiger partial charge in [0.05, 0.1) is 10.2 Å². The number of nitrogens with zero attached hydrogens (tertiary/aromatic N) is 2. The minimum absolute atomic E-state index is 0.214. The number of thiazole rings is 1. The second kappa shape index (κ2) is 7.72. The molecule has 0 saturated carbocycles. The number of amides is 1. The van der Waals surface area contributed by atoms with Crippen LogP contribution in [0.3, 0.4) is 0 Å². The van der Waals surface area contributed by atoms with E-state index in [4.69, 9.17) is 18.9 Å². The fourth-order valence-corrected chi connectivity index (χ4v) is 4.37. The number of allylic oxidation sites excluding steroid dienone is 1. The van der Waals surface area contributed by atoms with E-state index in [9.17, 15) is 4.79 Å². The van der Waals surface area contributed by atoms with E-state index in [1.165, 1.54) is 17.4 Å². The molecule has 0 saturated heterocycles. The summed E-state index contributed by atoms with van der Waals surface area (Å²) in [6, 6.07) is 9.36. The normalized spacial score (nSPS) is 15.1. The van der Waals surface area contributed by atoms with Crippen molar-refractivity contribution in [3.05, 3.63) is 59.4 Å². The van der Waals surface area contributed by atoms with Crippen molar-refractivity contribution in [1.29, 1.82) is 0 Å². The van der Waals surface area contributed by atoms with E-state index in [1.54, 1.807) is 12.2 Å². The maximum absolute atomic E-state index is 12.5. The summed E-state index contributed by atoms with van der Waals surface area (Å²) >= 11 is 1.42. The van der Waals surface area contributed by atoms with Gasteiger partial charge in [0.1, 0.15) is 13.2 Å². The predicted octanol–water partition coefficient (Wildman–Crippen LogP) is 3.53. The Morgan fingerprint density at radius 2 is 1.83 bits per heavy atom. The highest BCUT2D eigenvalue weighted by molar-refractivity contribution is 7.16. The molecule has 2 aliphatic rings. The highest BCUT2D eigenvalue weighted by Crippen LogP contribution is 2.35. The number of hydrogen-bond acceptors (Lipinski definition) is 6. The first-order chi connectivity index (χ1) is 14.7. The molecule has 2 aliphatic heterocycles. The van der Waals surface area contributed by atoms with Gasteiger partial charge < -0.3 is 23.5 Å². The lowest BCUT2D eigenvalue weighted by atomic mass is 10.2. The van der Waals surface area contributed by atoms with Crippen molar-refractivity contribution in [1.82, 2.24) is 4.57 Å². The van der Waals surface area contributed by atoms with Gasteiger partial charge in [-0.1, -0.05) is 23.5 Å². The first-order valence-corrected chi connectivity index (χ1v) is 10.2. The fourth-order valence-electron chi connectivity index (χ4n) is 3.31. The third-order valence-corrected chi connectivity index (χ3v) is 5.72. The van der Waals surface area contributed by atoms with Gasteiger partial charge in [0, 0.05) is 24.8 Å². The van der Waals surface area contributed by atoms with Crippen LogP contribution in [-0.4, -0.2) is 30.5 Å². The van der Waals surface area contributed by atoms with Crippen LogP contribution in [0.1, 0.15) is 5.56 Å². The van der Waals surface area contributed by atoms with Crippen molar-refractivity contribution < 1.29 is 23.7 Å². The highest BCUT2D eigenvalue weighted by atomic mass is 32.1. The summed E-state index contributed by atoms with van der Waals surface area (Å²) < 4.78 is 24.9. The van der Waals surface area contributed by atoms with E-state index >= 15 is 0 Å². The number of ether oxygens (including phenoxy) is 4. The molecule has 0 N–H and O–H groups in total. The topological polar surface area (TPSA) is 71.3 Å². The fraction of sp³-hybridized carbons (Fsp3) is 0.182. The van der Waals surface area contributed by atoms with Gasteiger partial charge in [0.15, 0.2) is 27.8 Å². The van der Waals surface area contributed by atoms with E-state index in [1.807, 2.05) is 34.9 Å². The van der Waals surface area contributed by atoms with Crippen molar-refractivity contribution in [2.24, 2.45) is 4.99 Å². The molecule has 2 aromatic carbocycles. The molecule has 3 heterocycles. The third-order valence-electron chi connectivity index (χ3n) is 4.68. The molecule has 0 bridgehead atoms. The molecular weight excluding hydrogens is 404 g/mol. The lowest BCUT2D eigenvalue weighted by Gasteiger charge is -2.18. The smallest absolute Gasteiger partial charge is 0.272 e. The average molecular weight is 422 g/mol. The Hall–Kier alpha value is -3.52. The number of rotatable bonds is 4. The van der Waals surface area contributed by atoms with Gasteiger partial charge in [-0.05, 0) is 23.8 Å². The number of aromatic nitrogens is 1. The molecule has 0 radical (unpaired) electrons. The maximum atomic E-state index is 12.5. The Morgan fingerprint density at radius 3 is 2.67 bits per heavy atom. The Kier molecular flexibility index (Phi) is 4.76.